The van der Waals surface area contributed by atoms with Gasteiger partial charge in [0, 0.05) is 15.8 Å². The first-order chi connectivity index (χ1) is 12.6. The van der Waals surface area contributed by atoms with Crippen molar-refractivity contribution in [2.24, 2.45) is 0 Å². The highest BCUT2D eigenvalue weighted by Crippen LogP contribution is 2.31. The number of thioether (sulfide) groups is 1. The number of nitrogens with zero attached hydrogens (tertiary/aromatic N) is 1. The van der Waals surface area contributed by atoms with Gasteiger partial charge in [0.05, 0.1) is 16.9 Å². The Morgan fingerprint density at radius 1 is 1.19 bits per heavy atom. The number of para-hydroxylation sites is 1. The Hall–Kier alpha value is -2.45. The van der Waals surface area contributed by atoms with E-state index in [9.17, 15) is 13.6 Å². The van der Waals surface area contributed by atoms with Crippen molar-refractivity contribution >= 4 is 34.7 Å². The third-order valence-corrected chi connectivity index (χ3v) is 4.76. The third kappa shape index (κ3) is 5.03. The lowest BCUT2D eigenvalue weighted by molar-refractivity contribution is 0.102. The molecule has 0 aliphatic heterocycles. The van der Waals surface area contributed by atoms with E-state index in [0.717, 1.165) is 5.69 Å². The Bertz CT molecular complexity index is 856. The molecule has 0 aliphatic rings. The van der Waals surface area contributed by atoms with Crippen molar-refractivity contribution < 1.29 is 18.3 Å². The van der Waals surface area contributed by atoms with Gasteiger partial charge in [0.2, 0.25) is 0 Å². The molecule has 26 heavy (non-hydrogen) atoms. The summed E-state index contributed by atoms with van der Waals surface area (Å²) in [5.74, 6) is -2.32. The van der Waals surface area contributed by atoms with E-state index >= 15 is 0 Å². The average molecular weight is 392 g/mol. The van der Waals surface area contributed by atoms with Crippen LogP contribution in [0.1, 0.15) is 16.1 Å². The van der Waals surface area contributed by atoms with Crippen molar-refractivity contribution in [2.45, 2.75) is 17.3 Å². The number of benzene rings is 2. The second kappa shape index (κ2) is 8.77. The van der Waals surface area contributed by atoms with Crippen LogP contribution in [0.15, 0.2) is 64.3 Å². The van der Waals surface area contributed by atoms with Gasteiger partial charge in [-0.1, -0.05) is 23.9 Å². The summed E-state index contributed by atoms with van der Waals surface area (Å²) in [5.41, 5.74) is 3.33. The molecule has 0 unspecified atom stereocenters. The maximum atomic E-state index is 12.6. The van der Waals surface area contributed by atoms with Crippen LogP contribution in [0.2, 0.25) is 0 Å². The zero-order valence-electron chi connectivity index (χ0n) is 13.4. The molecule has 1 heterocycles. The molecule has 0 fully saturated rings. The highest BCUT2D eigenvalue weighted by molar-refractivity contribution is 7.99. The number of thiazole rings is 1. The quantitative estimate of drug-likeness (QED) is 0.555. The zero-order chi connectivity index (χ0) is 18.4. The predicted molar refractivity (Wildman–Crippen MR) is 99.1 cm³/mol. The standard InChI is InChI=1S/C18H14F2N2O2S2/c19-18(20)26-16-4-2-1-3-15(16)22-17(23)12-5-7-14(8-6-12)24-9-13-10-25-11-21-13/h1-8,10-11,18H,9H2,(H,22,23). The minimum atomic E-state index is -2.55. The number of nitrogens with one attached hydrogen (secondary N) is 1. The molecule has 1 amide bonds. The lowest BCUT2D eigenvalue weighted by Crippen LogP contribution is -2.12. The fourth-order valence-corrected chi connectivity index (χ4v) is 3.27. The summed E-state index contributed by atoms with van der Waals surface area (Å²) >= 11 is 1.89. The minimum absolute atomic E-state index is 0.319. The summed E-state index contributed by atoms with van der Waals surface area (Å²) in [6, 6.07) is 13.1. The number of ether oxygens (including phenoxy) is 1. The Balaban J connectivity index is 1.63. The van der Waals surface area contributed by atoms with Gasteiger partial charge in [0.15, 0.2) is 0 Å². The van der Waals surface area contributed by atoms with Gasteiger partial charge in [-0.05, 0) is 36.4 Å². The lowest BCUT2D eigenvalue weighted by Gasteiger charge is -2.11. The first-order valence-corrected chi connectivity index (χ1v) is 9.39. The van der Waals surface area contributed by atoms with Gasteiger partial charge < -0.3 is 10.1 Å². The zero-order valence-corrected chi connectivity index (χ0v) is 15.0. The van der Waals surface area contributed by atoms with E-state index in [1.807, 2.05) is 5.38 Å². The number of aromatic nitrogens is 1. The van der Waals surface area contributed by atoms with Crippen LogP contribution < -0.4 is 10.1 Å². The fourth-order valence-electron chi connectivity index (χ4n) is 2.13. The van der Waals surface area contributed by atoms with Crippen molar-refractivity contribution in [2.75, 3.05) is 5.32 Å². The molecule has 0 spiro atoms. The maximum Gasteiger partial charge on any atom is 0.288 e. The monoisotopic (exact) mass is 392 g/mol. The topological polar surface area (TPSA) is 51.2 Å². The largest absolute Gasteiger partial charge is 0.487 e. The molecule has 134 valence electrons. The first kappa shape index (κ1) is 18.3. The lowest BCUT2D eigenvalue weighted by atomic mass is 10.2. The predicted octanol–water partition coefficient (Wildman–Crippen LogP) is 5.29. The number of carbonyl (C=O) groups excluding carboxylic acids is 1. The summed E-state index contributed by atoms with van der Waals surface area (Å²) < 4.78 is 30.8. The van der Waals surface area contributed by atoms with Crippen LogP contribution >= 0.6 is 23.1 Å². The highest BCUT2D eigenvalue weighted by atomic mass is 32.2. The molecule has 0 aliphatic carbocycles. The van der Waals surface area contributed by atoms with Gasteiger partial charge in [-0.25, -0.2) is 4.98 Å². The molecule has 3 aromatic rings. The van der Waals surface area contributed by atoms with Crippen molar-refractivity contribution in [3.63, 3.8) is 0 Å². The normalized spacial score (nSPS) is 10.7. The van der Waals surface area contributed by atoms with Gasteiger partial charge in [0.25, 0.3) is 11.7 Å². The van der Waals surface area contributed by atoms with Crippen molar-refractivity contribution in [3.8, 4) is 5.75 Å². The number of carbonyl (C=O) groups is 1. The van der Waals surface area contributed by atoms with Crippen LogP contribution in [0.4, 0.5) is 14.5 Å². The van der Waals surface area contributed by atoms with Crippen LogP contribution in [-0.4, -0.2) is 16.6 Å². The molecule has 2 aromatic carbocycles. The van der Waals surface area contributed by atoms with E-state index in [1.54, 1.807) is 54.0 Å². The summed E-state index contributed by atoms with van der Waals surface area (Å²) in [4.78, 5) is 16.8. The molecule has 0 radical (unpaired) electrons. The molecule has 0 atom stereocenters. The second-order valence-corrected chi connectivity index (χ2v) is 6.87. The number of anilines is 1. The summed E-state index contributed by atoms with van der Waals surface area (Å²) in [6.07, 6.45) is 0. The van der Waals surface area contributed by atoms with E-state index in [4.69, 9.17) is 4.74 Å². The SMILES string of the molecule is O=C(Nc1ccccc1SC(F)F)c1ccc(OCc2cscn2)cc1. The summed E-state index contributed by atoms with van der Waals surface area (Å²) in [5, 5.41) is 4.56. The number of halogens is 2. The molecule has 0 saturated carbocycles. The smallest absolute Gasteiger partial charge is 0.288 e. The molecule has 1 aromatic heterocycles. The first-order valence-electron chi connectivity index (χ1n) is 7.57. The van der Waals surface area contributed by atoms with E-state index in [1.165, 1.54) is 11.3 Å². The minimum Gasteiger partial charge on any atom is -0.487 e. The van der Waals surface area contributed by atoms with Gasteiger partial charge >= 0.3 is 0 Å². The average Bonchev–Trinajstić information content (AvgIpc) is 3.15. The number of hydrogen-bond acceptors (Lipinski definition) is 5. The van der Waals surface area contributed by atoms with Crippen LogP contribution in [0, 0.1) is 0 Å². The highest BCUT2D eigenvalue weighted by Gasteiger charge is 2.13. The van der Waals surface area contributed by atoms with Crippen molar-refractivity contribution in [1.82, 2.24) is 4.98 Å². The molecular weight excluding hydrogens is 378 g/mol. The van der Waals surface area contributed by atoms with E-state index in [-0.39, 0.29) is 5.91 Å². The van der Waals surface area contributed by atoms with E-state index in [0.29, 0.717) is 40.3 Å². The molecule has 0 saturated heterocycles. The second-order valence-electron chi connectivity index (χ2n) is 5.12. The Morgan fingerprint density at radius 2 is 1.96 bits per heavy atom. The van der Waals surface area contributed by atoms with Crippen LogP contribution in [-0.2, 0) is 6.61 Å². The van der Waals surface area contributed by atoms with Gasteiger partial charge in [0.1, 0.15) is 12.4 Å². The number of amides is 1. The number of alkyl halides is 2. The molecule has 1 N–H and O–H groups in total. The Morgan fingerprint density at radius 3 is 2.65 bits per heavy atom. The van der Waals surface area contributed by atoms with Gasteiger partial charge in [-0.2, -0.15) is 8.78 Å². The van der Waals surface area contributed by atoms with Crippen LogP contribution in [0.5, 0.6) is 5.75 Å². The maximum absolute atomic E-state index is 12.6. The fraction of sp³-hybridized carbons (Fsp3) is 0.111. The van der Waals surface area contributed by atoms with E-state index in [2.05, 4.69) is 10.3 Å². The van der Waals surface area contributed by atoms with Crippen molar-refractivity contribution in [3.05, 3.63) is 70.7 Å². The van der Waals surface area contributed by atoms with E-state index < -0.39 is 5.76 Å². The van der Waals surface area contributed by atoms with Crippen LogP contribution in [0.25, 0.3) is 0 Å². The molecule has 0 bridgehead atoms. The molecule has 4 nitrogen and oxygen atoms in total. The summed E-state index contributed by atoms with van der Waals surface area (Å²) in [7, 11) is 0. The Kier molecular flexibility index (Phi) is 6.19. The molecule has 8 heteroatoms. The Labute approximate surface area is 157 Å². The van der Waals surface area contributed by atoms with Gasteiger partial charge in [-0.3, -0.25) is 4.79 Å². The third-order valence-electron chi connectivity index (χ3n) is 3.34. The molecular formula is C18H14F2N2O2S2. The number of rotatable bonds is 7. The number of hydrogen-bond donors (Lipinski definition) is 1. The van der Waals surface area contributed by atoms with Gasteiger partial charge in [-0.15, -0.1) is 11.3 Å². The molecule has 3 rings (SSSR count). The van der Waals surface area contributed by atoms with Crippen LogP contribution in [0.3, 0.4) is 0 Å². The summed E-state index contributed by atoms with van der Waals surface area (Å²) in [6.45, 7) is 0.354. The van der Waals surface area contributed by atoms with Crippen molar-refractivity contribution in [1.29, 1.82) is 0 Å².